The summed E-state index contributed by atoms with van der Waals surface area (Å²) in [5.41, 5.74) is 3.15. The Hall–Kier alpha value is -2.57. The van der Waals surface area contributed by atoms with Gasteiger partial charge in [0, 0.05) is 48.7 Å². The number of aryl methyl sites for hydroxylation is 1. The van der Waals surface area contributed by atoms with Crippen LogP contribution in [0.2, 0.25) is 0 Å². The number of rotatable bonds is 6. The summed E-state index contributed by atoms with van der Waals surface area (Å²) in [4.78, 5) is 6.18. The monoisotopic (exact) mass is 410 g/mol. The van der Waals surface area contributed by atoms with Crippen LogP contribution in [0.3, 0.4) is 0 Å². The van der Waals surface area contributed by atoms with Crippen molar-refractivity contribution in [2.24, 2.45) is 11.8 Å². The molecule has 3 aromatic rings. The van der Waals surface area contributed by atoms with E-state index in [-0.39, 0.29) is 6.61 Å². The van der Waals surface area contributed by atoms with Crippen LogP contribution in [0.25, 0.3) is 21.9 Å². The first-order valence-electron chi connectivity index (χ1n) is 10.3. The molecule has 0 radical (unpaired) electrons. The molecule has 0 amide bonds. The number of alkyl halides is 2. The Morgan fingerprint density at radius 2 is 1.87 bits per heavy atom. The minimum Gasteiger partial charge on any atom is -0.490 e. The van der Waals surface area contributed by atoms with Crippen LogP contribution in [0.5, 0.6) is 5.75 Å². The van der Waals surface area contributed by atoms with Crippen molar-refractivity contribution in [3.8, 4) is 16.9 Å². The Morgan fingerprint density at radius 3 is 2.60 bits per heavy atom. The molecule has 1 aliphatic carbocycles. The van der Waals surface area contributed by atoms with Crippen LogP contribution in [-0.4, -0.2) is 53.3 Å². The number of likely N-dealkylation sites (tertiary alicyclic amines) is 1. The fourth-order valence-electron chi connectivity index (χ4n) is 4.64. The van der Waals surface area contributed by atoms with Gasteiger partial charge in [-0.05, 0) is 41.6 Å². The predicted molar refractivity (Wildman–Crippen MR) is 112 cm³/mol. The average molecular weight is 410 g/mol. The summed E-state index contributed by atoms with van der Waals surface area (Å²) in [5, 5.41) is 12.4. The van der Waals surface area contributed by atoms with Crippen molar-refractivity contribution in [2.75, 3.05) is 26.2 Å². The van der Waals surface area contributed by atoms with E-state index in [1.54, 1.807) is 6.20 Å². The number of fused-ring (bicyclic) bond motifs is 2. The number of hydrogen-bond acceptors (Lipinski definition) is 4. The molecule has 1 N–H and O–H groups in total. The molecule has 1 aliphatic heterocycles. The third-order valence-electron chi connectivity index (χ3n) is 6.27. The average Bonchev–Trinajstić information content (AvgIpc) is 3.05. The molecule has 5 rings (SSSR count). The molecule has 156 valence electrons. The molecule has 2 fully saturated rings. The standard InChI is InChI=1S/C24H24F2N2O2/c1-15-10-16(8-9-27-15)18-6-7-23(20-5-3-2-4-19(18)20)30-14-17(29)11-28-12-21-22(13-28)24(21,25)26/h2-10,17,21-22,29H,11-14H2,1H3. The Balaban J connectivity index is 1.29. The molecular formula is C24H24F2N2O2. The van der Waals surface area contributed by atoms with Crippen LogP contribution in [0, 0.1) is 18.8 Å². The number of hydrogen-bond donors (Lipinski definition) is 1. The van der Waals surface area contributed by atoms with Crippen molar-refractivity contribution in [3.63, 3.8) is 0 Å². The number of pyridine rings is 1. The number of benzene rings is 2. The van der Waals surface area contributed by atoms with Crippen molar-refractivity contribution < 1.29 is 18.6 Å². The van der Waals surface area contributed by atoms with Crippen LogP contribution >= 0.6 is 0 Å². The summed E-state index contributed by atoms with van der Waals surface area (Å²) in [6.45, 7) is 3.17. The molecule has 1 saturated carbocycles. The van der Waals surface area contributed by atoms with E-state index in [2.05, 4.69) is 17.1 Å². The van der Waals surface area contributed by atoms with E-state index in [1.807, 2.05) is 48.2 Å². The van der Waals surface area contributed by atoms with Gasteiger partial charge in [-0.25, -0.2) is 8.78 Å². The van der Waals surface area contributed by atoms with Gasteiger partial charge in [0.2, 0.25) is 0 Å². The maximum atomic E-state index is 13.3. The van der Waals surface area contributed by atoms with Crippen molar-refractivity contribution in [1.29, 1.82) is 0 Å². The van der Waals surface area contributed by atoms with E-state index in [9.17, 15) is 13.9 Å². The highest BCUT2D eigenvalue weighted by atomic mass is 19.3. The molecule has 3 atom stereocenters. The van der Waals surface area contributed by atoms with Gasteiger partial charge in [0.05, 0.1) is 0 Å². The van der Waals surface area contributed by atoms with Gasteiger partial charge in [-0.15, -0.1) is 0 Å². The third-order valence-corrected chi connectivity index (χ3v) is 6.27. The van der Waals surface area contributed by atoms with Gasteiger partial charge < -0.3 is 9.84 Å². The highest BCUT2D eigenvalue weighted by molar-refractivity contribution is 6.00. The molecule has 1 aromatic heterocycles. The topological polar surface area (TPSA) is 45.6 Å². The molecule has 6 heteroatoms. The van der Waals surface area contributed by atoms with Crippen LogP contribution in [-0.2, 0) is 0 Å². The maximum absolute atomic E-state index is 13.3. The van der Waals surface area contributed by atoms with Gasteiger partial charge >= 0.3 is 0 Å². The van der Waals surface area contributed by atoms with Gasteiger partial charge in [0.1, 0.15) is 18.5 Å². The normalized spacial score (nSPS) is 23.3. The Bertz CT molecular complexity index is 1070. The number of nitrogens with zero attached hydrogens (tertiary/aromatic N) is 2. The summed E-state index contributed by atoms with van der Waals surface area (Å²) in [7, 11) is 0. The lowest BCUT2D eigenvalue weighted by molar-refractivity contribution is 0.0304. The van der Waals surface area contributed by atoms with E-state index in [4.69, 9.17) is 4.74 Å². The molecule has 0 spiro atoms. The second-order valence-electron chi connectivity index (χ2n) is 8.41. The van der Waals surface area contributed by atoms with Gasteiger partial charge in [0.15, 0.2) is 0 Å². The smallest absolute Gasteiger partial charge is 0.257 e. The zero-order valence-electron chi connectivity index (χ0n) is 16.8. The molecule has 4 nitrogen and oxygen atoms in total. The maximum Gasteiger partial charge on any atom is 0.257 e. The molecule has 1 saturated heterocycles. The third kappa shape index (κ3) is 3.44. The summed E-state index contributed by atoms with van der Waals surface area (Å²) in [5.74, 6) is -2.85. The number of piperidine rings is 1. The van der Waals surface area contributed by atoms with Crippen LogP contribution in [0.15, 0.2) is 54.7 Å². The van der Waals surface area contributed by atoms with Gasteiger partial charge in [-0.3, -0.25) is 9.88 Å². The van der Waals surface area contributed by atoms with Gasteiger partial charge in [-0.2, -0.15) is 0 Å². The summed E-state index contributed by atoms with van der Waals surface area (Å²) >= 11 is 0. The lowest BCUT2D eigenvalue weighted by atomic mass is 9.98. The van der Waals surface area contributed by atoms with Crippen molar-refractivity contribution in [2.45, 2.75) is 19.0 Å². The van der Waals surface area contributed by atoms with Crippen LogP contribution in [0.4, 0.5) is 8.78 Å². The lowest BCUT2D eigenvalue weighted by Crippen LogP contribution is -2.37. The molecule has 0 bridgehead atoms. The zero-order chi connectivity index (χ0) is 20.9. The summed E-state index contributed by atoms with van der Waals surface area (Å²) in [6.07, 6.45) is 1.08. The fourth-order valence-corrected chi connectivity index (χ4v) is 4.64. The SMILES string of the molecule is Cc1cc(-c2ccc(OCC(O)CN3CC4C(C3)C4(F)F)c3ccccc23)ccn1. The highest BCUT2D eigenvalue weighted by Crippen LogP contribution is 2.59. The number of β-amino-alcohol motifs (C(OH)–C–C–N with tert-alkyl or cyclic N) is 1. The molecular weight excluding hydrogens is 386 g/mol. The largest absolute Gasteiger partial charge is 0.490 e. The second-order valence-corrected chi connectivity index (χ2v) is 8.41. The Morgan fingerprint density at radius 1 is 1.13 bits per heavy atom. The number of aromatic nitrogens is 1. The van der Waals surface area contributed by atoms with Gasteiger partial charge in [0.25, 0.3) is 5.92 Å². The van der Waals surface area contributed by atoms with E-state index in [1.165, 1.54) is 0 Å². The molecule has 3 unspecified atom stereocenters. The van der Waals surface area contributed by atoms with E-state index in [0.717, 1.165) is 27.6 Å². The van der Waals surface area contributed by atoms with Crippen molar-refractivity contribution in [1.82, 2.24) is 9.88 Å². The minimum absolute atomic E-state index is 0.125. The van der Waals surface area contributed by atoms with E-state index >= 15 is 0 Å². The highest BCUT2D eigenvalue weighted by Gasteiger charge is 2.71. The van der Waals surface area contributed by atoms with E-state index in [0.29, 0.717) is 25.4 Å². The van der Waals surface area contributed by atoms with Crippen LogP contribution < -0.4 is 4.74 Å². The van der Waals surface area contributed by atoms with Gasteiger partial charge in [-0.1, -0.05) is 30.3 Å². The first-order chi connectivity index (χ1) is 14.4. The Labute approximate surface area is 174 Å². The molecule has 2 aromatic carbocycles. The first kappa shape index (κ1) is 19.4. The molecule has 2 heterocycles. The molecule has 30 heavy (non-hydrogen) atoms. The number of aliphatic hydroxyl groups is 1. The lowest BCUT2D eigenvalue weighted by Gasteiger charge is -2.23. The minimum atomic E-state index is -2.49. The van der Waals surface area contributed by atoms with E-state index < -0.39 is 23.9 Å². The van der Waals surface area contributed by atoms with Crippen molar-refractivity contribution in [3.05, 3.63) is 60.4 Å². The zero-order valence-corrected chi connectivity index (χ0v) is 16.8. The number of halogens is 2. The second kappa shape index (κ2) is 7.29. The van der Waals surface area contributed by atoms with Crippen LogP contribution in [0.1, 0.15) is 5.69 Å². The fraction of sp³-hybridized carbons (Fsp3) is 0.375. The molecule has 2 aliphatic rings. The number of aliphatic hydroxyl groups excluding tert-OH is 1. The first-order valence-corrected chi connectivity index (χ1v) is 10.3. The predicted octanol–water partition coefficient (Wildman–Crippen LogP) is 4.15. The number of ether oxygens (including phenoxy) is 1. The summed E-state index contributed by atoms with van der Waals surface area (Å²) in [6, 6.07) is 16.0. The Kier molecular flexibility index (Phi) is 4.71. The quantitative estimate of drug-likeness (QED) is 0.663. The van der Waals surface area contributed by atoms with Crippen molar-refractivity contribution >= 4 is 10.8 Å². The summed E-state index contributed by atoms with van der Waals surface area (Å²) < 4.78 is 32.6.